The van der Waals surface area contributed by atoms with Crippen molar-refractivity contribution in [2.45, 2.75) is 33.3 Å². The largest absolute Gasteiger partial charge is 0.458 e. The minimum Gasteiger partial charge on any atom is -0.458 e. The number of hydrogen-bond donors (Lipinski definition) is 1. The summed E-state index contributed by atoms with van der Waals surface area (Å²) < 4.78 is 4.93. The Morgan fingerprint density at radius 3 is 2.17 bits per heavy atom. The van der Waals surface area contributed by atoms with Crippen LogP contribution in [0.25, 0.3) is 0 Å². The summed E-state index contributed by atoms with van der Waals surface area (Å²) in [6.45, 7) is 6.58. The highest BCUT2D eigenvalue weighted by atomic mass is 16.6. The molecule has 4 nitrogen and oxygen atoms in total. The first-order valence-corrected chi connectivity index (χ1v) is 3.77. The van der Waals surface area contributed by atoms with Crippen molar-refractivity contribution in [1.29, 1.82) is 0 Å². The highest BCUT2D eigenvalue weighted by Gasteiger charge is 2.20. The molecule has 0 aromatic carbocycles. The third-order valence-electron chi connectivity index (χ3n) is 1.18. The van der Waals surface area contributed by atoms with E-state index in [4.69, 9.17) is 4.74 Å². The molecule has 70 valence electrons. The van der Waals surface area contributed by atoms with Gasteiger partial charge in [0.1, 0.15) is 5.60 Å². The van der Waals surface area contributed by atoms with Gasteiger partial charge in [-0.25, -0.2) is 0 Å². The zero-order chi connectivity index (χ0) is 9.78. The van der Waals surface area contributed by atoms with E-state index in [-0.39, 0.29) is 11.9 Å². The van der Waals surface area contributed by atoms with E-state index >= 15 is 0 Å². The van der Waals surface area contributed by atoms with Gasteiger partial charge >= 0.3 is 5.97 Å². The van der Waals surface area contributed by atoms with Crippen LogP contribution in [0.3, 0.4) is 0 Å². The van der Waals surface area contributed by atoms with Gasteiger partial charge in [-0.1, -0.05) is 0 Å². The van der Waals surface area contributed by atoms with Gasteiger partial charge in [0.15, 0.2) is 0 Å². The lowest BCUT2D eigenvalue weighted by Crippen LogP contribution is -2.40. The maximum Gasteiger partial charge on any atom is 0.303 e. The quantitative estimate of drug-likeness (QED) is 0.631. The maximum absolute atomic E-state index is 10.6. The van der Waals surface area contributed by atoms with Gasteiger partial charge < -0.3 is 10.1 Å². The lowest BCUT2D eigenvalue weighted by molar-refractivity contribution is -0.153. The van der Waals surface area contributed by atoms with Gasteiger partial charge in [-0.2, -0.15) is 0 Å². The molecule has 0 aliphatic carbocycles. The molecule has 0 heterocycles. The van der Waals surface area contributed by atoms with Crippen LogP contribution in [0.1, 0.15) is 27.7 Å². The Morgan fingerprint density at radius 2 is 1.83 bits per heavy atom. The average Bonchev–Trinajstić information content (AvgIpc) is 1.81. The van der Waals surface area contributed by atoms with E-state index < -0.39 is 5.60 Å². The molecule has 0 aliphatic rings. The smallest absolute Gasteiger partial charge is 0.303 e. The summed E-state index contributed by atoms with van der Waals surface area (Å²) in [6.07, 6.45) is 0. The predicted octanol–water partition coefficient (Wildman–Crippen LogP) is 0.464. The molecule has 1 N–H and O–H groups in total. The van der Waals surface area contributed by atoms with Gasteiger partial charge in [-0.3, -0.25) is 9.59 Å². The minimum atomic E-state index is -0.627. The molecule has 0 unspecified atom stereocenters. The summed E-state index contributed by atoms with van der Waals surface area (Å²) in [7, 11) is 0. The zero-order valence-corrected chi connectivity index (χ0v) is 7.93. The van der Waals surface area contributed by atoms with Crippen molar-refractivity contribution in [3.05, 3.63) is 0 Å². The van der Waals surface area contributed by atoms with Crippen molar-refractivity contribution in [3.63, 3.8) is 0 Å². The molecule has 0 atom stereocenters. The fourth-order valence-corrected chi connectivity index (χ4v) is 0.763. The second-order valence-corrected chi connectivity index (χ2v) is 3.26. The topological polar surface area (TPSA) is 55.4 Å². The Bertz CT molecular complexity index is 187. The number of carbonyl (C=O) groups is 2. The average molecular weight is 173 g/mol. The van der Waals surface area contributed by atoms with Gasteiger partial charge in [0.2, 0.25) is 5.91 Å². The van der Waals surface area contributed by atoms with Crippen molar-refractivity contribution in [2.24, 2.45) is 0 Å². The van der Waals surface area contributed by atoms with Crippen LogP contribution in [-0.4, -0.2) is 24.0 Å². The van der Waals surface area contributed by atoms with Crippen molar-refractivity contribution < 1.29 is 14.3 Å². The summed E-state index contributed by atoms with van der Waals surface area (Å²) in [6, 6.07) is 0. The fraction of sp³-hybridized carbons (Fsp3) is 0.750. The molecule has 0 aromatic heterocycles. The summed E-state index contributed by atoms with van der Waals surface area (Å²) in [5.74, 6) is -0.472. The number of esters is 1. The minimum absolute atomic E-state index is 0.129. The SMILES string of the molecule is CC(=O)NCC(C)(C)OC(C)=O. The zero-order valence-electron chi connectivity index (χ0n) is 7.93. The van der Waals surface area contributed by atoms with Crippen molar-refractivity contribution in [3.8, 4) is 0 Å². The van der Waals surface area contributed by atoms with Crippen molar-refractivity contribution >= 4 is 11.9 Å². The molecule has 0 fully saturated rings. The third kappa shape index (κ3) is 5.70. The number of amides is 1. The maximum atomic E-state index is 10.6. The van der Waals surface area contributed by atoms with Crippen LogP contribution in [-0.2, 0) is 14.3 Å². The lowest BCUT2D eigenvalue weighted by Gasteiger charge is -2.24. The van der Waals surface area contributed by atoms with E-state index in [1.807, 2.05) is 0 Å². The second kappa shape index (κ2) is 4.09. The van der Waals surface area contributed by atoms with Crippen LogP contribution >= 0.6 is 0 Å². The van der Waals surface area contributed by atoms with Crippen LogP contribution in [0.4, 0.5) is 0 Å². The first kappa shape index (κ1) is 10.9. The molecule has 0 bridgehead atoms. The van der Waals surface area contributed by atoms with Crippen LogP contribution in [0.5, 0.6) is 0 Å². The monoisotopic (exact) mass is 173 g/mol. The Kier molecular flexibility index (Phi) is 3.73. The van der Waals surface area contributed by atoms with Crippen LogP contribution in [0, 0.1) is 0 Å². The van der Waals surface area contributed by atoms with E-state index in [1.54, 1.807) is 13.8 Å². The van der Waals surface area contributed by atoms with Crippen molar-refractivity contribution in [1.82, 2.24) is 5.32 Å². The normalized spacial score (nSPS) is 10.7. The molecular weight excluding hydrogens is 158 g/mol. The second-order valence-electron chi connectivity index (χ2n) is 3.26. The summed E-state index contributed by atoms with van der Waals surface area (Å²) in [4.78, 5) is 21.1. The predicted molar refractivity (Wildman–Crippen MR) is 44.5 cm³/mol. The van der Waals surface area contributed by atoms with Gasteiger partial charge in [0.25, 0.3) is 0 Å². The summed E-state index contributed by atoms with van der Waals surface area (Å²) in [5, 5.41) is 2.58. The van der Waals surface area contributed by atoms with Crippen LogP contribution in [0.15, 0.2) is 0 Å². The molecule has 1 amide bonds. The van der Waals surface area contributed by atoms with E-state index in [2.05, 4.69) is 5.32 Å². The number of nitrogens with one attached hydrogen (secondary N) is 1. The van der Waals surface area contributed by atoms with Gasteiger partial charge in [0.05, 0.1) is 6.54 Å². The summed E-state index contributed by atoms with van der Waals surface area (Å²) in [5.41, 5.74) is -0.627. The van der Waals surface area contributed by atoms with E-state index in [1.165, 1.54) is 13.8 Å². The number of carbonyl (C=O) groups excluding carboxylic acids is 2. The molecule has 0 spiro atoms. The fourth-order valence-electron chi connectivity index (χ4n) is 0.763. The first-order valence-electron chi connectivity index (χ1n) is 3.77. The van der Waals surface area contributed by atoms with E-state index in [0.717, 1.165) is 0 Å². The van der Waals surface area contributed by atoms with Gasteiger partial charge in [-0.15, -0.1) is 0 Å². The number of hydrogen-bond acceptors (Lipinski definition) is 3. The first-order chi connectivity index (χ1) is 5.33. The molecule has 0 radical (unpaired) electrons. The Balaban J connectivity index is 3.86. The van der Waals surface area contributed by atoms with E-state index in [9.17, 15) is 9.59 Å². The van der Waals surface area contributed by atoms with Crippen molar-refractivity contribution in [2.75, 3.05) is 6.54 Å². The molecule has 0 saturated heterocycles. The Hall–Kier alpha value is -1.06. The highest BCUT2D eigenvalue weighted by molar-refractivity contribution is 5.73. The van der Waals surface area contributed by atoms with Crippen LogP contribution < -0.4 is 5.32 Å². The standard InChI is InChI=1S/C8H15NO3/c1-6(10)9-5-8(3,4)12-7(2)11/h5H2,1-4H3,(H,9,10). The number of rotatable bonds is 3. The molecule has 0 rings (SSSR count). The highest BCUT2D eigenvalue weighted by Crippen LogP contribution is 2.07. The molecule has 12 heavy (non-hydrogen) atoms. The van der Waals surface area contributed by atoms with Gasteiger partial charge in [-0.05, 0) is 13.8 Å². The molecule has 0 saturated carbocycles. The Morgan fingerprint density at radius 1 is 1.33 bits per heavy atom. The molecule has 0 aliphatic heterocycles. The lowest BCUT2D eigenvalue weighted by atomic mass is 10.1. The molecule has 0 aromatic rings. The summed E-state index contributed by atoms with van der Waals surface area (Å²) >= 11 is 0. The van der Waals surface area contributed by atoms with E-state index in [0.29, 0.717) is 6.54 Å². The Labute approximate surface area is 72.3 Å². The molecule has 4 heteroatoms. The third-order valence-corrected chi connectivity index (χ3v) is 1.18. The van der Waals surface area contributed by atoms with Crippen LogP contribution in [0.2, 0.25) is 0 Å². The van der Waals surface area contributed by atoms with Gasteiger partial charge in [0, 0.05) is 13.8 Å². The molecular formula is C8H15NO3. The number of ether oxygens (including phenoxy) is 1.